The van der Waals surface area contributed by atoms with Gasteiger partial charge in [-0.05, 0) is 12.2 Å². The van der Waals surface area contributed by atoms with Crippen LogP contribution < -0.4 is 21.7 Å². The Morgan fingerprint density at radius 1 is 1.29 bits per heavy atom. The molecule has 3 heteroatoms. The van der Waals surface area contributed by atoms with Crippen LogP contribution in [-0.2, 0) is 0 Å². The molecule has 1 heterocycles. The van der Waals surface area contributed by atoms with Gasteiger partial charge in [-0.25, -0.2) is 0 Å². The van der Waals surface area contributed by atoms with Crippen molar-refractivity contribution in [2.45, 2.75) is 0 Å². The van der Waals surface area contributed by atoms with Gasteiger partial charge in [-0.3, -0.25) is 4.79 Å². The van der Waals surface area contributed by atoms with Gasteiger partial charge in [-0.2, -0.15) is 0 Å². The van der Waals surface area contributed by atoms with Crippen LogP contribution in [0.5, 0.6) is 0 Å². The van der Waals surface area contributed by atoms with E-state index >= 15 is 0 Å². The molecule has 3 nitrogen and oxygen atoms in total. The van der Waals surface area contributed by atoms with Crippen molar-refractivity contribution in [1.82, 2.24) is 4.98 Å². The Kier molecular flexibility index (Phi) is 3.07. The Morgan fingerprint density at radius 2 is 1.93 bits per heavy atom. The van der Waals surface area contributed by atoms with E-state index in [1.54, 1.807) is 24.3 Å². The van der Waals surface area contributed by atoms with E-state index < -0.39 is 0 Å². The SMILES string of the molecule is C=C/C=c1/[nH]c(N)cc(=O)/c1=C/C=C. The van der Waals surface area contributed by atoms with Crippen molar-refractivity contribution in [2.75, 3.05) is 5.73 Å². The number of H-pyrrole nitrogens is 1. The summed E-state index contributed by atoms with van der Waals surface area (Å²) in [6, 6.07) is 1.34. The zero-order valence-corrected chi connectivity index (χ0v) is 7.79. The molecule has 0 spiro atoms. The normalized spacial score (nSPS) is 12.9. The maximum absolute atomic E-state index is 11.5. The summed E-state index contributed by atoms with van der Waals surface area (Å²) < 4.78 is 0. The first-order valence-corrected chi connectivity index (χ1v) is 4.13. The molecule has 72 valence electrons. The van der Waals surface area contributed by atoms with Crippen molar-refractivity contribution in [3.8, 4) is 0 Å². The second-order valence-electron chi connectivity index (χ2n) is 2.72. The van der Waals surface area contributed by atoms with Gasteiger partial charge in [-0.1, -0.05) is 25.3 Å². The number of hydrogen-bond donors (Lipinski definition) is 2. The van der Waals surface area contributed by atoms with E-state index in [0.717, 1.165) is 0 Å². The molecule has 0 radical (unpaired) electrons. The minimum absolute atomic E-state index is 0.130. The first kappa shape index (κ1) is 10.1. The van der Waals surface area contributed by atoms with Crippen LogP contribution in [0.15, 0.2) is 36.2 Å². The van der Waals surface area contributed by atoms with Crippen LogP contribution >= 0.6 is 0 Å². The van der Waals surface area contributed by atoms with Gasteiger partial charge in [0.2, 0.25) is 0 Å². The molecule has 0 aromatic carbocycles. The first-order valence-electron chi connectivity index (χ1n) is 4.13. The Bertz CT molecular complexity index is 523. The number of nitrogen functional groups attached to an aromatic ring is 1. The molecule has 0 saturated heterocycles. The highest BCUT2D eigenvalue weighted by Crippen LogP contribution is 1.79. The first-order chi connectivity index (χ1) is 6.69. The molecule has 0 fully saturated rings. The summed E-state index contributed by atoms with van der Waals surface area (Å²) in [5, 5.41) is 1.18. The molecule has 0 unspecified atom stereocenters. The van der Waals surface area contributed by atoms with Gasteiger partial charge < -0.3 is 10.7 Å². The molecule has 0 saturated carbocycles. The molecule has 0 atom stereocenters. The van der Waals surface area contributed by atoms with E-state index in [9.17, 15) is 4.79 Å². The monoisotopic (exact) mass is 188 g/mol. The molecular formula is C11H12N2O. The van der Waals surface area contributed by atoms with Crippen molar-refractivity contribution in [2.24, 2.45) is 0 Å². The van der Waals surface area contributed by atoms with Crippen LogP contribution in [0.4, 0.5) is 5.82 Å². The highest BCUT2D eigenvalue weighted by Gasteiger charge is 1.92. The number of allylic oxidation sites excluding steroid dienone is 2. The molecule has 0 aliphatic heterocycles. The second-order valence-corrected chi connectivity index (χ2v) is 2.72. The van der Waals surface area contributed by atoms with Crippen LogP contribution in [0.3, 0.4) is 0 Å². The van der Waals surface area contributed by atoms with Crippen molar-refractivity contribution in [3.05, 3.63) is 52.2 Å². The smallest absolute Gasteiger partial charge is 0.191 e. The number of anilines is 1. The molecule has 0 bridgehead atoms. The Morgan fingerprint density at radius 3 is 2.50 bits per heavy atom. The van der Waals surface area contributed by atoms with Gasteiger partial charge in [-0.15, -0.1) is 0 Å². The summed E-state index contributed by atoms with van der Waals surface area (Å²) in [5.41, 5.74) is 5.37. The van der Waals surface area contributed by atoms with Gasteiger partial charge in [0.1, 0.15) is 5.82 Å². The van der Waals surface area contributed by atoms with Crippen molar-refractivity contribution >= 4 is 18.0 Å². The highest BCUT2D eigenvalue weighted by atomic mass is 16.1. The lowest BCUT2D eigenvalue weighted by molar-refractivity contribution is 1.21. The Hall–Kier alpha value is -2.03. The lowest BCUT2D eigenvalue weighted by Crippen LogP contribution is -2.40. The third-order valence-corrected chi connectivity index (χ3v) is 1.69. The average molecular weight is 188 g/mol. The number of pyridine rings is 1. The standard InChI is InChI=1S/C11H12N2O/c1-3-5-8-9(6-4-2)13-11(12)7-10(8)14/h3-7,13H,1-2,12H2/b8-5+,9-6+. The van der Waals surface area contributed by atoms with E-state index in [2.05, 4.69) is 18.1 Å². The average Bonchev–Trinajstić information content (AvgIpc) is 2.11. The minimum Gasteiger partial charge on any atom is -0.385 e. The molecule has 1 aromatic heterocycles. The van der Waals surface area contributed by atoms with E-state index in [1.165, 1.54) is 6.07 Å². The molecule has 0 aliphatic carbocycles. The predicted molar refractivity (Wildman–Crippen MR) is 60.0 cm³/mol. The van der Waals surface area contributed by atoms with Gasteiger partial charge in [0.15, 0.2) is 5.43 Å². The van der Waals surface area contributed by atoms with Crippen LogP contribution in [0.2, 0.25) is 0 Å². The Balaban J connectivity index is 3.80. The molecule has 14 heavy (non-hydrogen) atoms. The number of aromatic amines is 1. The maximum atomic E-state index is 11.5. The van der Waals surface area contributed by atoms with Crippen molar-refractivity contribution in [3.63, 3.8) is 0 Å². The van der Waals surface area contributed by atoms with Gasteiger partial charge in [0.25, 0.3) is 0 Å². The highest BCUT2D eigenvalue weighted by molar-refractivity contribution is 5.42. The van der Waals surface area contributed by atoms with Crippen LogP contribution in [0.25, 0.3) is 12.2 Å². The van der Waals surface area contributed by atoms with Gasteiger partial charge in [0.05, 0.1) is 5.35 Å². The summed E-state index contributed by atoms with van der Waals surface area (Å²) in [4.78, 5) is 14.4. The van der Waals surface area contributed by atoms with Crippen LogP contribution in [-0.4, -0.2) is 4.98 Å². The fourth-order valence-corrected chi connectivity index (χ4v) is 1.15. The zero-order chi connectivity index (χ0) is 10.6. The second kappa shape index (κ2) is 4.28. The fourth-order valence-electron chi connectivity index (χ4n) is 1.15. The molecule has 1 rings (SSSR count). The minimum atomic E-state index is -0.130. The molecule has 0 aliphatic rings. The molecular weight excluding hydrogens is 176 g/mol. The lowest BCUT2D eigenvalue weighted by Gasteiger charge is -1.93. The summed E-state index contributed by atoms with van der Waals surface area (Å²) >= 11 is 0. The summed E-state index contributed by atoms with van der Waals surface area (Å²) in [6.07, 6.45) is 6.47. The van der Waals surface area contributed by atoms with Crippen molar-refractivity contribution in [1.29, 1.82) is 0 Å². The zero-order valence-electron chi connectivity index (χ0n) is 7.79. The number of nitrogens with one attached hydrogen (secondary N) is 1. The van der Waals surface area contributed by atoms with Crippen LogP contribution in [0.1, 0.15) is 0 Å². The van der Waals surface area contributed by atoms with Crippen LogP contribution in [0, 0.1) is 0 Å². The van der Waals surface area contributed by atoms with E-state index in [-0.39, 0.29) is 5.43 Å². The fraction of sp³-hybridized carbons (Fsp3) is 0. The molecule has 0 amide bonds. The summed E-state index contributed by atoms with van der Waals surface area (Å²) in [7, 11) is 0. The largest absolute Gasteiger partial charge is 0.385 e. The predicted octanol–water partition coefficient (Wildman–Crippen LogP) is -0.110. The van der Waals surface area contributed by atoms with Crippen molar-refractivity contribution < 1.29 is 0 Å². The van der Waals surface area contributed by atoms with E-state index in [1.807, 2.05) is 0 Å². The molecule has 3 N–H and O–H groups in total. The topological polar surface area (TPSA) is 58.9 Å². The maximum Gasteiger partial charge on any atom is 0.191 e. The number of rotatable bonds is 2. The Labute approximate surface area is 81.6 Å². The lowest BCUT2D eigenvalue weighted by atomic mass is 10.3. The number of aromatic nitrogens is 1. The van der Waals surface area contributed by atoms with E-state index in [4.69, 9.17) is 5.73 Å². The summed E-state index contributed by atoms with van der Waals surface area (Å²) in [6.45, 7) is 7.10. The summed E-state index contributed by atoms with van der Waals surface area (Å²) in [5.74, 6) is 0.337. The number of hydrogen-bond acceptors (Lipinski definition) is 2. The third-order valence-electron chi connectivity index (χ3n) is 1.69. The van der Waals surface area contributed by atoms with Gasteiger partial charge in [0, 0.05) is 11.3 Å². The number of nitrogens with two attached hydrogens (primary N) is 1. The van der Waals surface area contributed by atoms with Gasteiger partial charge >= 0.3 is 0 Å². The quantitative estimate of drug-likeness (QED) is 0.680. The third kappa shape index (κ3) is 2.01. The molecule has 1 aromatic rings. The van der Waals surface area contributed by atoms with E-state index in [0.29, 0.717) is 16.4 Å².